The summed E-state index contributed by atoms with van der Waals surface area (Å²) in [5.41, 5.74) is 15.7. The third-order valence-corrected chi connectivity index (χ3v) is 2.88. The summed E-state index contributed by atoms with van der Waals surface area (Å²) in [5, 5.41) is 0. The van der Waals surface area contributed by atoms with E-state index in [1.165, 1.54) is 0 Å². The van der Waals surface area contributed by atoms with Gasteiger partial charge in [-0.3, -0.25) is 0 Å². The maximum Gasteiger partial charge on any atom is 0.137 e. The van der Waals surface area contributed by atoms with Gasteiger partial charge in [0.25, 0.3) is 0 Å². The van der Waals surface area contributed by atoms with Gasteiger partial charge in [-0.05, 0) is 35.9 Å². The van der Waals surface area contributed by atoms with Crippen LogP contribution in [0.15, 0.2) is 43.0 Å². The van der Waals surface area contributed by atoms with Crippen LogP contribution in [0.5, 0.6) is 11.5 Å². The molecule has 3 heteroatoms. The van der Waals surface area contributed by atoms with Gasteiger partial charge in [-0.15, -0.1) is 0 Å². The third kappa shape index (κ3) is 1.44. The third-order valence-electron chi connectivity index (χ3n) is 2.88. The molecule has 1 aliphatic rings. The summed E-state index contributed by atoms with van der Waals surface area (Å²) in [6.45, 7) is 4.09. The lowest BCUT2D eigenvalue weighted by molar-refractivity contribution is 0.474. The van der Waals surface area contributed by atoms with Gasteiger partial charge in [-0.2, -0.15) is 0 Å². The fraction of sp³-hybridized carbons (Fsp3) is 0. The van der Waals surface area contributed by atoms with E-state index in [1.807, 2.05) is 30.3 Å². The van der Waals surface area contributed by atoms with Crippen LogP contribution in [0, 0.1) is 0 Å². The number of rotatable bonds is 0. The van der Waals surface area contributed by atoms with E-state index >= 15 is 0 Å². The number of nitrogens with two attached hydrogens (primary N) is 2. The standard InChI is InChI=1S/C14H12N2O/c1-8-11-4-2-10(16)7-14(11)17-13-5-3-9(15)6-12(8)13/h2-7H,1,15-16H2. The van der Waals surface area contributed by atoms with Crippen molar-refractivity contribution in [3.05, 3.63) is 54.1 Å². The molecule has 0 spiro atoms. The highest BCUT2D eigenvalue weighted by atomic mass is 16.5. The Bertz CT molecular complexity index is 632. The van der Waals surface area contributed by atoms with Gasteiger partial charge < -0.3 is 16.2 Å². The van der Waals surface area contributed by atoms with E-state index in [0.29, 0.717) is 11.4 Å². The smallest absolute Gasteiger partial charge is 0.137 e. The average Bonchev–Trinajstić information content (AvgIpc) is 2.30. The highest BCUT2D eigenvalue weighted by Crippen LogP contribution is 2.43. The zero-order valence-electron chi connectivity index (χ0n) is 9.23. The van der Waals surface area contributed by atoms with E-state index in [0.717, 1.165) is 28.2 Å². The first-order chi connectivity index (χ1) is 8.15. The van der Waals surface area contributed by atoms with Gasteiger partial charge in [0.05, 0.1) is 0 Å². The molecule has 0 aromatic heterocycles. The predicted molar refractivity (Wildman–Crippen MR) is 69.9 cm³/mol. The van der Waals surface area contributed by atoms with Crippen molar-refractivity contribution in [1.82, 2.24) is 0 Å². The molecule has 0 bridgehead atoms. The average molecular weight is 224 g/mol. The topological polar surface area (TPSA) is 61.3 Å². The molecule has 0 atom stereocenters. The van der Waals surface area contributed by atoms with Crippen molar-refractivity contribution in [2.75, 3.05) is 11.5 Å². The first-order valence-electron chi connectivity index (χ1n) is 5.32. The number of anilines is 2. The van der Waals surface area contributed by atoms with Gasteiger partial charge in [0, 0.05) is 28.6 Å². The lowest BCUT2D eigenvalue weighted by atomic mass is 9.95. The minimum atomic E-state index is 0.676. The molecule has 2 aromatic carbocycles. The van der Waals surface area contributed by atoms with E-state index in [1.54, 1.807) is 6.07 Å². The van der Waals surface area contributed by atoms with Gasteiger partial charge in [0.1, 0.15) is 11.5 Å². The summed E-state index contributed by atoms with van der Waals surface area (Å²) in [6.07, 6.45) is 0. The normalized spacial score (nSPS) is 12.6. The van der Waals surface area contributed by atoms with E-state index < -0.39 is 0 Å². The van der Waals surface area contributed by atoms with Crippen molar-refractivity contribution >= 4 is 16.9 Å². The molecule has 0 aliphatic carbocycles. The molecule has 3 nitrogen and oxygen atoms in total. The SMILES string of the molecule is C=C1c2ccc(N)cc2Oc2ccc(N)cc21. The molecule has 2 aromatic rings. The Kier molecular flexibility index (Phi) is 1.89. The Morgan fingerprint density at radius 3 is 2.35 bits per heavy atom. The quantitative estimate of drug-likeness (QED) is 0.577. The van der Waals surface area contributed by atoms with Gasteiger partial charge in [-0.1, -0.05) is 6.58 Å². The lowest BCUT2D eigenvalue weighted by Gasteiger charge is -2.22. The van der Waals surface area contributed by atoms with Crippen LogP contribution in [-0.4, -0.2) is 0 Å². The van der Waals surface area contributed by atoms with Crippen molar-refractivity contribution < 1.29 is 4.74 Å². The highest BCUT2D eigenvalue weighted by molar-refractivity contribution is 5.88. The van der Waals surface area contributed by atoms with Gasteiger partial charge in [-0.25, -0.2) is 0 Å². The predicted octanol–water partition coefficient (Wildman–Crippen LogP) is 3.02. The molecule has 17 heavy (non-hydrogen) atoms. The summed E-state index contributed by atoms with van der Waals surface area (Å²) < 4.78 is 5.79. The van der Waals surface area contributed by atoms with E-state index in [9.17, 15) is 0 Å². The second kappa shape index (κ2) is 3.28. The molecule has 1 heterocycles. The van der Waals surface area contributed by atoms with E-state index in [-0.39, 0.29) is 0 Å². The molecule has 0 fully saturated rings. The van der Waals surface area contributed by atoms with Crippen LogP contribution in [0.3, 0.4) is 0 Å². The molecule has 0 saturated heterocycles. The zero-order valence-corrected chi connectivity index (χ0v) is 9.23. The molecule has 0 radical (unpaired) electrons. The zero-order chi connectivity index (χ0) is 12.0. The molecular formula is C14H12N2O. The molecule has 0 amide bonds. The van der Waals surface area contributed by atoms with Crippen LogP contribution in [0.1, 0.15) is 11.1 Å². The second-order valence-corrected chi connectivity index (χ2v) is 4.09. The number of benzene rings is 2. The van der Waals surface area contributed by atoms with Crippen molar-refractivity contribution in [1.29, 1.82) is 0 Å². The lowest BCUT2D eigenvalue weighted by Crippen LogP contribution is -2.03. The van der Waals surface area contributed by atoms with Crippen LogP contribution < -0.4 is 16.2 Å². The summed E-state index contributed by atoms with van der Waals surface area (Å²) >= 11 is 0. The van der Waals surface area contributed by atoms with E-state index in [4.69, 9.17) is 16.2 Å². The molecule has 84 valence electrons. The molecule has 4 N–H and O–H groups in total. The first-order valence-corrected chi connectivity index (χ1v) is 5.32. The number of ether oxygens (including phenoxy) is 1. The molecule has 0 saturated carbocycles. The highest BCUT2D eigenvalue weighted by Gasteiger charge is 2.20. The van der Waals surface area contributed by atoms with Gasteiger partial charge in [0.2, 0.25) is 0 Å². The summed E-state index contributed by atoms with van der Waals surface area (Å²) in [4.78, 5) is 0. The minimum Gasteiger partial charge on any atom is -0.456 e. The molecule has 3 rings (SSSR count). The fourth-order valence-electron chi connectivity index (χ4n) is 2.01. The van der Waals surface area contributed by atoms with Gasteiger partial charge in [0.15, 0.2) is 0 Å². The van der Waals surface area contributed by atoms with Crippen molar-refractivity contribution in [2.24, 2.45) is 0 Å². The Balaban J connectivity index is 2.21. The number of hydrogen-bond acceptors (Lipinski definition) is 3. The Labute approximate surface area is 99.3 Å². The number of hydrogen-bond donors (Lipinski definition) is 2. The van der Waals surface area contributed by atoms with Crippen LogP contribution >= 0.6 is 0 Å². The van der Waals surface area contributed by atoms with Crippen LogP contribution in [0.25, 0.3) is 5.57 Å². The molecule has 0 unspecified atom stereocenters. The van der Waals surface area contributed by atoms with Crippen molar-refractivity contribution in [3.8, 4) is 11.5 Å². The Hall–Kier alpha value is -2.42. The van der Waals surface area contributed by atoms with Crippen LogP contribution in [-0.2, 0) is 0 Å². The monoisotopic (exact) mass is 224 g/mol. The number of fused-ring (bicyclic) bond motifs is 2. The fourth-order valence-corrected chi connectivity index (χ4v) is 2.01. The maximum atomic E-state index is 5.79. The molecule has 1 aliphatic heterocycles. The minimum absolute atomic E-state index is 0.676. The van der Waals surface area contributed by atoms with Crippen LogP contribution in [0.4, 0.5) is 11.4 Å². The summed E-state index contributed by atoms with van der Waals surface area (Å²) in [5.74, 6) is 1.51. The Morgan fingerprint density at radius 2 is 1.53 bits per heavy atom. The van der Waals surface area contributed by atoms with Crippen molar-refractivity contribution in [2.45, 2.75) is 0 Å². The summed E-state index contributed by atoms with van der Waals surface area (Å²) in [6, 6.07) is 11.1. The summed E-state index contributed by atoms with van der Waals surface area (Å²) in [7, 11) is 0. The second-order valence-electron chi connectivity index (χ2n) is 4.09. The van der Waals surface area contributed by atoms with E-state index in [2.05, 4.69) is 6.58 Å². The van der Waals surface area contributed by atoms with Crippen LogP contribution in [0.2, 0.25) is 0 Å². The largest absolute Gasteiger partial charge is 0.456 e. The van der Waals surface area contributed by atoms with Crippen molar-refractivity contribution in [3.63, 3.8) is 0 Å². The van der Waals surface area contributed by atoms with Gasteiger partial charge >= 0.3 is 0 Å². The first kappa shape index (κ1) is 9.78. The number of nitrogen functional groups attached to an aromatic ring is 2. The molecular weight excluding hydrogens is 212 g/mol. The Morgan fingerprint density at radius 1 is 0.824 bits per heavy atom. The maximum absolute atomic E-state index is 5.79.